The molecule has 16 heavy (non-hydrogen) atoms. The number of ether oxygens (including phenoxy) is 2. The van der Waals surface area contributed by atoms with Gasteiger partial charge in [0, 0.05) is 6.61 Å². The maximum Gasteiger partial charge on any atom is 0.158 e. The van der Waals surface area contributed by atoms with E-state index in [1.54, 1.807) is 0 Å². The summed E-state index contributed by atoms with van der Waals surface area (Å²) in [4.78, 5) is 0. The van der Waals surface area contributed by atoms with Gasteiger partial charge < -0.3 is 9.47 Å². The second-order valence-corrected chi connectivity index (χ2v) is 4.23. The van der Waals surface area contributed by atoms with Crippen LogP contribution in [0.4, 0.5) is 0 Å². The van der Waals surface area contributed by atoms with Crippen LogP contribution in [-0.4, -0.2) is 20.7 Å². The summed E-state index contributed by atoms with van der Waals surface area (Å²) in [6.07, 6.45) is 4.50. The van der Waals surface area contributed by atoms with E-state index in [2.05, 4.69) is 32.1 Å². The van der Waals surface area contributed by atoms with Crippen molar-refractivity contribution in [1.29, 1.82) is 0 Å². The molecule has 3 heteroatoms. The molecule has 1 aliphatic rings. The first-order valence-electron chi connectivity index (χ1n) is 6.20. The summed E-state index contributed by atoms with van der Waals surface area (Å²) < 4.78 is 11.3. The van der Waals surface area contributed by atoms with E-state index >= 15 is 0 Å². The van der Waals surface area contributed by atoms with Crippen LogP contribution in [0, 0.1) is 0 Å². The number of rotatable bonds is 4. The van der Waals surface area contributed by atoms with Gasteiger partial charge in [0.05, 0.1) is 6.61 Å². The molecule has 0 N–H and O–H groups in total. The fourth-order valence-electron chi connectivity index (χ4n) is 2.07. The van der Waals surface area contributed by atoms with Crippen molar-refractivity contribution in [2.75, 3.05) is 6.61 Å². The molecule has 2 nitrogen and oxygen atoms in total. The third-order valence-electron chi connectivity index (χ3n) is 3.06. The molecule has 2 rings (SSSR count). The van der Waals surface area contributed by atoms with E-state index in [1.165, 1.54) is 24.0 Å². The van der Waals surface area contributed by atoms with Crippen LogP contribution in [0.2, 0.25) is 0 Å². The summed E-state index contributed by atoms with van der Waals surface area (Å²) in [6, 6.07) is 8.46. The Morgan fingerprint density at radius 1 is 1.25 bits per heavy atom. The highest BCUT2D eigenvalue weighted by Crippen LogP contribution is 2.17. The molecule has 1 fully saturated rings. The number of hydrogen-bond acceptors (Lipinski definition) is 2. The minimum atomic E-state index is 0.0127. The average molecular weight is 218 g/mol. The highest BCUT2D eigenvalue weighted by molar-refractivity contribution is 6.08. The summed E-state index contributed by atoms with van der Waals surface area (Å²) in [7, 11) is 2.18. The zero-order valence-electron chi connectivity index (χ0n) is 9.95. The Kier molecular flexibility index (Phi) is 4.43. The van der Waals surface area contributed by atoms with E-state index in [-0.39, 0.29) is 6.29 Å². The quantitative estimate of drug-likeness (QED) is 0.718. The molecular formula is C13H19BO2. The average Bonchev–Trinajstić information content (AvgIpc) is 2.38. The van der Waals surface area contributed by atoms with Gasteiger partial charge >= 0.3 is 0 Å². The third-order valence-corrected chi connectivity index (χ3v) is 3.06. The molecule has 1 saturated heterocycles. The van der Waals surface area contributed by atoms with Crippen LogP contribution in [0.15, 0.2) is 24.3 Å². The molecule has 0 spiro atoms. The van der Waals surface area contributed by atoms with Crippen molar-refractivity contribution < 1.29 is 9.47 Å². The predicted octanol–water partition coefficient (Wildman–Crippen LogP) is 1.86. The van der Waals surface area contributed by atoms with E-state index in [4.69, 9.17) is 9.47 Å². The van der Waals surface area contributed by atoms with Gasteiger partial charge in [-0.15, -0.1) is 0 Å². The molecule has 1 atom stereocenters. The van der Waals surface area contributed by atoms with E-state index < -0.39 is 0 Å². The molecule has 0 amide bonds. The maximum absolute atomic E-state index is 5.79. The first kappa shape index (κ1) is 11.7. The molecule has 0 radical (unpaired) electrons. The van der Waals surface area contributed by atoms with Gasteiger partial charge in [-0.25, -0.2) is 0 Å². The Morgan fingerprint density at radius 3 is 2.75 bits per heavy atom. The van der Waals surface area contributed by atoms with Crippen LogP contribution in [0.25, 0.3) is 0 Å². The molecule has 86 valence electrons. The lowest BCUT2D eigenvalue weighted by Gasteiger charge is -2.23. The van der Waals surface area contributed by atoms with Gasteiger partial charge in [-0.05, 0) is 24.8 Å². The third kappa shape index (κ3) is 3.10. The first-order valence-corrected chi connectivity index (χ1v) is 6.20. The number of hydrogen-bond donors (Lipinski definition) is 0. The molecular weight excluding hydrogens is 199 g/mol. The van der Waals surface area contributed by atoms with Crippen molar-refractivity contribution >= 4 is 7.85 Å². The minimum absolute atomic E-state index is 0.0127. The van der Waals surface area contributed by atoms with Gasteiger partial charge in [0.1, 0.15) is 7.85 Å². The standard InChI is InChI=1S/C13H19BO2/c14-9-11-5-1-2-6-12(11)10-16-13-7-3-4-8-15-13/h1-2,5-6,13H,3-4,7-10,14H2. The van der Waals surface area contributed by atoms with Crippen molar-refractivity contribution in [3.63, 3.8) is 0 Å². The Labute approximate surface area is 98.4 Å². The number of benzene rings is 1. The molecule has 0 aromatic heterocycles. The molecule has 0 saturated carbocycles. The van der Waals surface area contributed by atoms with Crippen LogP contribution in [0.1, 0.15) is 30.4 Å². The smallest absolute Gasteiger partial charge is 0.158 e. The lowest BCUT2D eigenvalue weighted by Crippen LogP contribution is -2.22. The van der Waals surface area contributed by atoms with Gasteiger partial charge in [-0.2, -0.15) is 0 Å². The summed E-state index contributed by atoms with van der Waals surface area (Å²) >= 11 is 0. The molecule has 1 unspecified atom stereocenters. The largest absolute Gasteiger partial charge is 0.353 e. The Hall–Kier alpha value is -0.795. The topological polar surface area (TPSA) is 18.5 Å². The van der Waals surface area contributed by atoms with Crippen LogP contribution < -0.4 is 0 Å². The molecule has 1 aromatic rings. The summed E-state index contributed by atoms with van der Waals surface area (Å²) in [6.45, 7) is 1.52. The predicted molar refractivity (Wildman–Crippen MR) is 67.1 cm³/mol. The molecule has 1 aromatic carbocycles. The van der Waals surface area contributed by atoms with Crippen LogP contribution in [0.3, 0.4) is 0 Å². The van der Waals surface area contributed by atoms with Crippen molar-refractivity contribution in [1.82, 2.24) is 0 Å². The summed E-state index contributed by atoms with van der Waals surface area (Å²) in [5, 5.41) is 0. The van der Waals surface area contributed by atoms with E-state index in [1.807, 2.05) is 0 Å². The van der Waals surface area contributed by atoms with Crippen molar-refractivity contribution in [2.24, 2.45) is 0 Å². The Bertz CT molecular complexity index is 321. The van der Waals surface area contributed by atoms with Crippen molar-refractivity contribution in [2.45, 2.75) is 38.5 Å². The highest BCUT2D eigenvalue weighted by Gasteiger charge is 2.14. The highest BCUT2D eigenvalue weighted by atomic mass is 16.7. The van der Waals surface area contributed by atoms with Gasteiger partial charge in [-0.1, -0.05) is 36.1 Å². The fraction of sp³-hybridized carbons (Fsp3) is 0.538. The summed E-state index contributed by atoms with van der Waals surface area (Å²) in [5.74, 6) is 0. The van der Waals surface area contributed by atoms with Crippen molar-refractivity contribution in [3.05, 3.63) is 35.4 Å². The van der Waals surface area contributed by atoms with Gasteiger partial charge in [0.25, 0.3) is 0 Å². The van der Waals surface area contributed by atoms with Gasteiger partial charge in [0.2, 0.25) is 0 Å². The normalized spacial score (nSPS) is 20.9. The van der Waals surface area contributed by atoms with E-state index in [0.29, 0.717) is 6.61 Å². The second kappa shape index (κ2) is 6.07. The van der Waals surface area contributed by atoms with E-state index in [0.717, 1.165) is 19.3 Å². The van der Waals surface area contributed by atoms with Gasteiger partial charge in [-0.3, -0.25) is 0 Å². The van der Waals surface area contributed by atoms with Crippen LogP contribution in [-0.2, 0) is 22.4 Å². The summed E-state index contributed by atoms with van der Waals surface area (Å²) in [5.41, 5.74) is 2.66. The van der Waals surface area contributed by atoms with Gasteiger partial charge in [0.15, 0.2) is 6.29 Å². The zero-order chi connectivity index (χ0) is 11.2. The zero-order valence-corrected chi connectivity index (χ0v) is 9.95. The molecule has 1 heterocycles. The van der Waals surface area contributed by atoms with Crippen molar-refractivity contribution in [3.8, 4) is 0 Å². The molecule has 1 aliphatic heterocycles. The first-order chi connectivity index (χ1) is 7.90. The lowest BCUT2D eigenvalue weighted by atomic mass is 9.93. The SMILES string of the molecule is BCc1ccccc1COC1CCCCO1. The van der Waals surface area contributed by atoms with Crippen LogP contribution in [0.5, 0.6) is 0 Å². The second-order valence-electron chi connectivity index (χ2n) is 4.23. The van der Waals surface area contributed by atoms with E-state index in [9.17, 15) is 0 Å². The molecule has 0 aliphatic carbocycles. The minimum Gasteiger partial charge on any atom is -0.353 e. The monoisotopic (exact) mass is 218 g/mol. The lowest BCUT2D eigenvalue weighted by molar-refractivity contribution is -0.169. The fourth-order valence-corrected chi connectivity index (χ4v) is 2.07. The Morgan fingerprint density at radius 2 is 2.06 bits per heavy atom. The maximum atomic E-state index is 5.79. The van der Waals surface area contributed by atoms with Crippen LogP contribution >= 0.6 is 0 Å². The molecule has 0 bridgehead atoms. The Balaban J connectivity index is 1.88.